The molecule has 7 heteroatoms. The van der Waals surface area contributed by atoms with Crippen LogP contribution in [-0.4, -0.2) is 16.0 Å². The van der Waals surface area contributed by atoms with Crippen molar-refractivity contribution in [1.29, 1.82) is 0 Å². The zero-order chi connectivity index (χ0) is 17.4. The molecule has 1 aromatic carbocycles. The van der Waals surface area contributed by atoms with E-state index < -0.39 is 11.7 Å². The molecule has 0 saturated heterocycles. The fraction of sp³-hybridized carbons (Fsp3) is 0.278. The lowest BCUT2D eigenvalue weighted by Gasteiger charge is -2.20. The van der Waals surface area contributed by atoms with Gasteiger partial charge in [-0.05, 0) is 38.0 Å². The van der Waals surface area contributed by atoms with Crippen LogP contribution in [-0.2, 0) is 0 Å². The van der Waals surface area contributed by atoms with Crippen molar-refractivity contribution in [2.45, 2.75) is 32.1 Å². The van der Waals surface area contributed by atoms with Crippen LogP contribution in [0.3, 0.4) is 0 Å². The van der Waals surface area contributed by atoms with Gasteiger partial charge in [-0.2, -0.15) is 4.98 Å². The number of anilines is 1. The van der Waals surface area contributed by atoms with E-state index in [1.807, 2.05) is 6.92 Å². The Morgan fingerprint density at radius 1 is 1.36 bits per heavy atom. The summed E-state index contributed by atoms with van der Waals surface area (Å²) in [5, 5.41) is 6.80. The van der Waals surface area contributed by atoms with Gasteiger partial charge in [0.25, 0.3) is 5.91 Å². The predicted octanol–water partition coefficient (Wildman–Crippen LogP) is 4.77. The van der Waals surface area contributed by atoms with Crippen LogP contribution in [0.2, 0.25) is 0 Å². The first-order valence-corrected chi connectivity index (χ1v) is 8.94. The van der Waals surface area contributed by atoms with Crippen LogP contribution in [0.1, 0.15) is 46.3 Å². The van der Waals surface area contributed by atoms with E-state index in [2.05, 4.69) is 15.5 Å². The number of thiophene rings is 1. The fourth-order valence-corrected chi connectivity index (χ4v) is 3.61. The first kappa shape index (κ1) is 16.0. The summed E-state index contributed by atoms with van der Waals surface area (Å²) in [7, 11) is 0. The Morgan fingerprint density at radius 2 is 2.16 bits per heavy atom. The molecule has 1 saturated carbocycles. The second-order valence-electron chi connectivity index (χ2n) is 6.10. The van der Waals surface area contributed by atoms with Crippen molar-refractivity contribution in [2.75, 3.05) is 5.32 Å². The molecule has 0 aliphatic heterocycles. The molecule has 1 N–H and O–H groups in total. The number of hydrogen-bond donors (Lipinski definition) is 1. The van der Waals surface area contributed by atoms with Gasteiger partial charge in [-0.15, -0.1) is 11.3 Å². The average molecular weight is 357 g/mol. The first-order chi connectivity index (χ1) is 12.1. The average Bonchev–Trinajstić information content (AvgIpc) is 3.14. The number of nitrogens with zero attached hydrogens (tertiary/aromatic N) is 2. The second-order valence-corrected chi connectivity index (χ2v) is 7.35. The molecule has 0 unspecified atom stereocenters. The van der Waals surface area contributed by atoms with Crippen LogP contribution in [0.25, 0.3) is 10.7 Å². The minimum absolute atomic E-state index is 0.0153. The van der Waals surface area contributed by atoms with Crippen molar-refractivity contribution in [3.05, 3.63) is 52.5 Å². The van der Waals surface area contributed by atoms with Crippen LogP contribution in [0.5, 0.6) is 0 Å². The highest BCUT2D eigenvalue weighted by molar-refractivity contribution is 7.16. The summed E-state index contributed by atoms with van der Waals surface area (Å²) in [5.41, 5.74) is 0.643. The van der Waals surface area contributed by atoms with E-state index in [1.165, 1.54) is 29.9 Å². The largest absolute Gasteiger partial charge is 0.339 e. The highest BCUT2D eigenvalue weighted by Crippen LogP contribution is 2.38. The first-order valence-electron chi connectivity index (χ1n) is 8.12. The number of carbonyl (C=O) groups excluding carboxylic acids is 1. The third kappa shape index (κ3) is 3.07. The fourth-order valence-electron chi connectivity index (χ4n) is 2.71. The monoisotopic (exact) mass is 357 g/mol. The quantitative estimate of drug-likeness (QED) is 0.730. The Hall–Kier alpha value is -2.54. The molecule has 2 heterocycles. The minimum Gasteiger partial charge on any atom is -0.339 e. The van der Waals surface area contributed by atoms with E-state index >= 15 is 0 Å². The van der Waals surface area contributed by atoms with Crippen LogP contribution < -0.4 is 5.32 Å². The van der Waals surface area contributed by atoms with Crippen molar-refractivity contribution in [2.24, 2.45) is 0 Å². The molecule has 1 aliphatic carbocycles. The Bertz CT molecular complexity index is 930. The molecule has 1 fully saturated rings. The number of benzene rings is 1. The smallest absolute Gasteiger partial charge is 0.258 e. The van der Waals surface area contributed by atoms with Crippen LogP contribution in [0, 0.1) is 12.7 Å². The molecule has 2 aromatic heterocycles. The maximum absolute atomic E-state index is 13.7. The summed E-state index contributed by atoms with van der Waals surface area (Å²) in [6, 6.07) is 7.70. The molecule has 5 nitrogen and oxygen atoms in total. The molecule has 3 aromatic rings. The Labute approximate surface area is 147 Å². The third-order valence-electron chi connectivity index (χ3n) is 4.40. The number of aromatic nitrogens is 2. The number of rotatable bonds is 4. The SMILES string of the molecule is Cc1sc(-c2noc(C3CCC3)n2)cc1NC(=O)c1ccccc1F. The lowest BCUT2D eigenvalue weighted by atomic mass is 9.85. The van der Waals surface area contributed by atoms with E-state index in [1.54, 1.807) is 18.2 Å². The number of nitrogens with one attached hydrogen (secondary N) is 1. The number of amides is 1. The summed E-state index contributed by atoms with van der Waals surface area (Å²) in [6.45, 7) is 1.89. The molecule has 25 heavy (non-hydrogen) atoms. The summed E-state index contributed by atoms with van der Waals surface area (Å²) >= 11 is 1.47. The number of halogens is 1. The molecule has 0 atom stereocenters. The number of aryl methyl sites for hydroxylation is 1. The lowest BCUT2D eigenvalue weighted by Crippen LogP contribution is -2.13. The summed E-state index contributed by atoms with van der Waals surface area (Å²) in [6.07, 6.45) is 3.39. The van der Waals surface area contributed by atoms with Crippen molar-refractivity contribution in [3.8, 4) is 10.7 Å². The predicted molar refractivity (Wildman–Crippen MR) is 93.3 cm³/mol. The maximum Gasteiger partial charge on any atom is 0.258 e. The summed E-state index contributed by atoms with van der Waals surface area (Å²) < 4.78 is 19.1. The number of carbonyl (C=O) groups is 1. The maximum atomic E-state index is 13.7. The van der Waals surface area contributed by atoms with Gasteiger partial charge in [-0.3, -0.25) is 4.79 Å². The van der Waals surface area contributed by atoms with Gasteiger partial charge in [0.05, 0.1) is 16.1 Å². The molecule has 0 radical (unpaired) electrons. The molecule has 128 valence electrons. The van der Waals surface area contributed by atoms with Gasteiger partial charge in [0.2, 0.25) is 11.7 Å². The van der Waals surface area contributed by atoms with Crippen LogP contribution in [0.4, 0.5) is 10.1 Å². The van der Waals surface area contributed by atoms with Crippen molar-refractivity contribution >= 4 is 22.9 Å². The molecule has 0 spiro atoms. The summed E-state index contributed by atoms with van der Waals surface area (Å²) in [5.74, 6) is 0.568. The van der Waals surface area contributed by atoms with Crippen molar-refractivity contribution in [3.63, 3.8) is 0 Å². The Balaban J connectivity index is 1.55. The zero-order valence-corrected chi connectivity index (χ0v) is 14.4. The van der Waals surface area contributed by atoms with Crippen LogP contribution in [0.15, 0.2) is 34.9 Å². The third-order valence-corrected chi connectivity index (χ3v) is 5.45. The van der Waals surface area contributed by atoms with Gasteiger partial charge in [-0.1, -0.05) is 23.7 Å². The second kappa shape index (κ2) is 6.40. The van der Waals surface area contributed by atoms with Gasteiger partial charge in [0.15, 0.2) is 0 Å². The van der Waals surface area contributed by atoms with Crippen molar-refractivity contribution in [1.82, 2.24) is 10.1 Å². The molecule has 1 amide bonds. The van der Waals surface area contributed by atoms with E-state index in [4.69, 9.17) is 4.52 Å². The van der Waals surface area contributed by atoms with Crippen molar-refractivity contribution < 1.29 is 13.7 Å². The normalized spacial score (nSPS) is 14.3. The van der Waals surface area contributed by atoms with E-state index in [9.17, 15) is 9.18 Å². The molecular formula is C18H16FN3O2S. The molecule has 0 bridgehead atoms. The van der Waals surface area contributed by atoms with Gasteiger partial charge < -0.3 is 9.84 Å². The van der Waals surface area contributed by atoms with Gasteiger partial charge in [0.1, 0.15) is 5.82 Å². The standard InChI is InChI=1S/C18H16FN3O2S/c1-10-14(20-17(23)12-7-2-3-8-13(12)19)9-15(25-10)16-21-18(24-22-16)11-5-4-6-11/h2-3,7-9,11H,4-6H2,1H3,(H,20,23). The molecule has 1 aliphatic rings. The summed E-state index contributed by atoms with van der Waals surface area (Å²) in [4.78, 5) is 18.5. The molecule has 4 rings (SSSR count). The molecular weight excluding hydrogens is 341 g/mol. The lowest BCUT2D eigenvalue weighted by molar-refractivity contribution is 0.102. The Morgan fingerprint density at radius 3 is 2.88 bits per heavy atom. The van der Waals surface area contributed by atoms with E-state index in [-0.39, 0.29) is 5.56 Å². The van der Waals surface area contributed by atoms with Gasteiger partial charge in [0, 0.05) is 10.8 Å². The number of hydrogen-bond acceptors (Lipinski definition) is 5. The minimum atomic E-state index is -0.545. The van der Waals surface area contributed by atoms with E-state index in [0.29, 0.717) is 23.3 Å². The zero-order valence-electron chi connectivity index (χ0n) is 13.6. The van der Waals surface area contributed by atoms with Gasteiger partial charge >= 0.3 is 0 Å². The highest BCUT2D eigenvalue weighted by atomic mass is 32.1. The van der Waals surface area contributed by atoms with Gasteiger partial charge in [-0.25, -0.2) is 4.39 Å². The van der Waals surface area contributed by atoms with E-state index in [0.717, 1.165) is 22.6 Å². The Kier molecular flexibility index (Phi) is 4.09. The topological polar surface area (TPSA) is 68.0 Å². The van der Waals surface area contributed by atoms with Crippen LogP contribution >= 0.6 is 11.3 Å². The highest BCUT2D eigenvalue weighted by Gasteiger charge is 2.26.